The number of hydrogen-bond donors (Lipinski definition) is 4. The summed E-state index contributed by atoms with van der Waals surface area (Å²) in [4.78, 5) is 43.6. The minimum atomic E-state index is -1.28. The molecule has 0 atom stereocenters. The first-order valence-electron chi connectivity index (χ1n) is 6.01. The van der Waals surface area contributed by atoms with Crippen molar-refractivity contribution in [2.75, 3.05) is 10.6 Å². The van der Waals surface area contributed by atoms with Gasteiger partial charge in [0.15, 0.2) is 0 Å². The number of benzene rings is 1. The van der Waals surface area contributed by atoms with Crippen molar-refractivity contribution in [3.8, 4) is 0 Å². The highest BCUT2D eigenvalue weighted by Gasteiger charge is 2.07. The molecule has 0 spiro atoms. The van der Waals surface area contributed by atoms with E-state index in [0.29, 0.717) is 12.2 Å². The Kier molecular flexibility index (Phi) is 6.50. The van der Waals surface area contributed by atoms with E-state index in [1.807, 2.05) is 0 Å². The number of carboxylic acids is 2. The van der Waals surface area contributed by atoms with Crippen LogP contribution < -0.4 is 10.6 Å². The monoisotopic (exact) mass is 338 g/mol. The number of anilines is 2. The van der Waals surface area contributed by atoms with Crippen molar-refractivity contribution < 1.29 is 29.4 Å². The largest absolute Gasteiger partial charge is 0.478 e. The molecule has 0 saturated carbocycles. The molecule has 0 aliphatic heterocycles. The van der Waals surface area contributed by atoms with Gasteiger partial charge in [-0.15, -0.1) is 0 Å². The average Bonchev–Trinajstić information content (AvgIpc) is 2.46. The SMILES string of the molecule is O=C(O)C=CC(=O)Nc1ccc(Cl)c(NC(=O)/C=C\C(=O)O)c1. The Morgan fingerprint density at radius 1 is 0.870 bits per heavy atom. The maximum atomic E-state index is 11.5. The van der Waals surface area contributed by atoms with E-state index in [1.165, 1.54) is 18.2 Å². The number of amides is 2. The average molecular weight is 339 g/mol. The lowest BCUT2D eigenvalue weighted by Crippen LogP contribution is -2.11. The maximum Gasteiger partial charge on any atom is 0.328 e. The van der Waals surface area contributed by atoms with Crippen LogP contribution in [0.5, 0.6) is 0 Å². The van der Waals surface area contributed by atoms with Crippen molar-refractivity contribution in [2.45, 2.75) is 0 Å². The molecule has 9 heteroatoms. The van der Waals surface area contributed by atoms with Crippen LogP contribution in [0.2, 0.25) is 5.02 Å². The standard InChI is InChI=1S/C14H11ClN2O6/c15-9-2-1-8(16-11(18)3-5-13(20)21)7-10(9)17-12(19)4-6-14(22)23/h1-7H,(H,16,18)(H,17,19)(H,20,21)(H,22,23)/b5-3?,6-4-. The third-order valence-electron chi connectivity index (χ3n) is 2.25. The van der Waals surface area contributed by atoms with Crippen LogP contribution in [0.15, 0.2) is 42.5 Å². The molecule has 23 heavy (non-hydrogen) atoms. The van der Waals surface area contributed by atoms with Crippen molar-refractivity contribution in [3.05, 3.63) is 47.5 Å². The Morgan fingerprint density at radius 2 is 1.39 bits per heavy atom. The lowest BCUT2D eigenvalue weighted by Gasteiger charge is -2.08. The predicted molar refractivity (Wildman–Crippen MR) is 82.3 cm³/mol. The molecule has 1 aromatic carbocycles. The number of aliphatic carboxylic acids is 2. The van der Waals surface area contributed by atoms with Crippen LogP contribution in [0.1, 0.15) is 0 Å². The second kappa shape index (κ2) is 8.35. The predicted octanol–water partition coefficient (Wildman–Crippen LogP) is 1.50. The second-order valence-corrected chi connectivity index (χ2v) is 4.42. The van der Waals surface area contributed by atoms with Gasteiger partial charge < -0.3 is 20.8 Å². The van der Waals surface area contributed by atoms with Gasteiger partial charge in [0.25, 0.3) is 0 Å². The number of rotatable bonds is 6. The molecule has 0 saturated heterocycles. The molecule has 0 aliphatic carbocycles. The van der Waals surface area contributed by atoms with Gasteiger partial charge in [0, 0.05) is 30.0 Å². The zero-order valence-electron chi connectivity index (χ0n) is 11.4. The highest BCUT2D eigenvalue weighted by molar-refractivity contribution is 6.34. The summed E-state index contributed by atoms with van der Waals surface area (Å²) in [5.41, 5.74) is 0.402. The summed E-state index contributed by atoms with van der Waals surface area (Å²) in [5.74, 6) is -3.95. The topological polar surface area (TPSA) is 133 Å². The molecule has 2 amide bonds. The summed E-state index contributed by atoms with van der Waals surface area (Å²) in [6.07, 6.45) is 2.96. The quantitative estimate of drug-likeness (QED) is 0.581. The van der Waals surface area contributed by atoms with Crippen molar-refractivity contribution in [2.24, 2.45) is 0 Å². The molecule has 0 radical (unpaired) electrons. The van der Waals surface area contributed by atoms with Gasteiger partial charge in [0.2, 0.25) is 11.8 Å². The minimum Gasteiger partial charge on any atom is -0.478 e. The fourth-order valence-corrected chi connectivity index (χ4v) is 1.52. The Balaban J connectivity index is 2.83. The summed E-state index contributed by atoms with van der Waals surface area (Å²) >= 11 is 5.88. The Morgan fingerprint density at radius 3 is 1.91 bits per heavy atom. The highest BCUT2D eigenvalue weighted by Crippen LogP contribution is 2.25. The number of hydrogen-bond acceptors (Lipinski definition) is 4. The van der Waals surface area contributed by atoms with Crippen LogP contribution in [-0.2, 0) is 19.2 Å². The van der Waals surface area contributed by atoms with Gasteiger partial charge in [0.05, 0.1) is 10.7 Å². The Hall–Kier alpha value is -3.13. The van der Waals surface area contributed by atoms with E-state index in [-0.39, 0.29) is 16.4 Å². The number of halogens is 1. The molecule has 0 fully saturated rings. The van der Waals surface area contributed by atoms with Crippen LogP contribution in [-0.4, -0.2) is 34.0 Å². The Labute approximate surface area is 135 Å². The summed E-state index contributed by atoms with van der Waals surface area (Å²) in [6.45, 7) is 0. The van der Waals surface area contributed by atoms with Crippen LogP contribution in [0.4, 0.5) is 11.4 Å². The molecular weight excluding hydrogens is 328 g/mol. The van der Waals surface area contributed by atoms with Crippen molar-refractivity contribution in [1.29, 1.82) is 0 Å². The highest BCUT2D eigenvalue weighted by atomic mass is 35.5. The lowest BCUT2D eigenvalue weighted by atomic mass is 10.2. The van der Waals surface area contributed by atoms with Crippen LogP contribution >= 0.6 is 11.6 Å². The van der Waals surface area contributed by atoms with Gasteiger partial charge >= 0.3 is 11.9 Å². The van der Waals surface area contributed by atoms with Gasteiger partial charge in [-0.2, -0.15) is 0 Å². The number of carbonyl (C=O) groups is 4. The summed E-state index contributed by atoms with van der Waals surface area (Å²) in [5, 5.41) is 21.7. The van der Waals surface area contributed by atoms with E-state index in [2.05, 4.69) is 10.6 Å². The second-order valence-electron chi connectivity index (χ2n) is 4.02. The first-order valence-corrected chi connectivity index (χ1v) is 6.39. The van der Waals surface area contributed by atoms with Crippen LogP contribution in [0.25, 0.3) is 0 Å². The van der Waals surface area contributed by atoms with E-state index in [4.69, 9.17) is 21.8 Å². The number of carboxylic acid groups (broad SMARTS) is 2. The third-order valence-corrected chi connectivity index (χ3v) is 2.58. The molecule has 8 nitrogen and oxygen atoms in total. The number of carbonyl (C=O) groups excluding carboxylic acids is 2. The molecule has 4 N–H and O–H groups in total. The van der Waals surface area contributed by atoms with Gasteiger partial charge in [-0.05, 0) is 18.2 Å². The third kappa shape index (κ3) is 6.91. The van der Waals surface area contributed by atoms with E-state index in [9.17, 15) is 19.2 Å². The molecule has 0 aliphatic rings. The fraction of sp³-hybridized carbons (Fsp3) is 0. The fourth-order valence-electron chi connectivity index (χ4n) is 1.35. The van der Waals surface area contributed by atoms with Gasteiger partial charge in [-0.1, -0.05) is 11.6 Å². The maximum absolute atomic E-state index is 11.5. The molecule has 1 aromatic rings. The van der Waals surface area contributed by atoms with Gasteiger partial charge in [-0.25, -0.2) is 9.59 Å². The summed E-state index contributed by atoms with van der Waals surface area (Å²) in [7, 11) is 0. The van der Waals surface area contributed by atoms with Crippen LogP contribution in [0.3, 0.4) is 0 Å². The molecule has 0 bridgehead atoms. The molecular formula is C14H11ClN2O6. The summed E-state index contributed by atoms with van der Waals surface area (Å²) in [6, 6.07) is 4.17. The van der Waals surface area contributed by atoms with E-state index in [1.54, 1.807) is 0 Å². The van der Waals surface area contributed by atoms with Crippen molar-refractivity contribution >= 4 is 46.7 Å². The first kappa shape index (κ1) is 17.9. The van der Waals surface area contributed by atoms with E-state index in [0.717, 1.165) is 12.2 Å². The summed E-state index contributed by atoms with van der Waals surface area (Å²) < 4.78 is 0. The lowest BCUT2D eigenvalue weighted by molar-refractivity contribution is -0.132. The zero-order valence-corrected chi connectivity index (χ0v) is 12.2. The number of nitrogens with one attached hydrogen (secondary N) is 2. The molecule has 0 aromatic heterocycles. The van der Waals surface area contributed by atoms with Crippen molar-refractivity contribution in [1.82, 2.24) is 0 Å². The smallest absolute Gasteiger partial charge is 0.328 e. The first-order chi connectivity index (χ1) is 10.8. The van der Waals surface area contributed by atoms with Crippen LogP contribution in [0, 0.1) is 0 Å². The van der Waals surface area contributed by atoms with Gasteiger partial charge in [-0.3, -0.25) is 9.59 Å². The molecule has 1 rings (SSSR count). The molecule has 120 valence electrons. The zero-order chi connectivity index (χ0) is 17.4. The minimum absolute atomic E-state index is 0.145. The van der Waals surface area contributed by atoms with E-state index >= 15 is 0 Å². The van der Waals surface area contributed by atoms with E-state index < -0.39 is 23.8 Å². The normalized spacial score (nSPS) is 10.7. The Bertz CT molecular complexity index is 711. The molecule has 0 heterocycles. The van der Waals surface area contributed by atoms with Crippen molar-refractivity contribution in [3.63, 3.8) is 0 Å². The van der Waals surface area contributed by atoms with Gasteiger partial charge in [0.1, 0.15) is 0 Å². The molecule has 0 unspecified atom stereocenters.